The molecule has 1 aliphatic rings. The average Bonchev–Trinajstić information content (AvgIpc) is 2.57. The summed E-state index contributed by atoms with van der Waals surface area (Å²) in [5.41, 5.74) is 1.31. The molecule has 5 nitrogen and oxygen atoms in total. The monoisotopic (exact) mass is 331 g/mol. The molecule has 1 N–H and O–H groups in total. The second-order valence-corrected chi connectivity index (χ2v) is 6.73. The molecule has 0 aliphatic carbocycles. The maximum absolute atomic E-state index is 12.4. The van der Waals surface area contributed by atoms with E-state index in [-0.39, 0.29) is 30.3 Å². The first kappa shape index (κ1) is 18.5. The van der Waals surface area contributed by atoms with Crippen LogP contribution in [-0.4, -0.2) is 60.4 Å². The van der Waals surface area contributed by atoms with Crippen molar-refractivity contribution < 1.29 is 9.59 Å². The SMILES string of the molecule is CC(C)N(C)C(=O)C[C@@H]1C(=O)NCCN1CCCc1ccccc1. The second kappa shape index (κ2) is 8.83. The topological polar surface area (TPSA) is 52.7 Å². The summed E-state index contributed by atoms with van der Waals surface area (Å²) < 4.78 is 0. The summed E-state index contributed by atoms with van der Waals surface area (Å²) in [5.74, 6) is 0.00609. The number of nitrogens with zero attached hydrogens (tertiary/aromatic N) is 2. The number of piperazine rings is 1. The van der Waals surface area contributed by atoms with Crippen molar-refractivity contribution in [1.82, 2.24) is 15.1 Å². The first-order chi connectivity index (χ1) is 11.5. The lowest BCUT2D eigenvalue weighted by atomic mass is 10.1. The highest BCUT2D eigenvalue weighted by molar-refractivity contribution is 5.88. The van der Waals surface area contributed by atoms with Crippen molar-refractivity contribution in [2.75, 3.05) is 26.7 Å². The van der Waals surface area contributed by atoms with E-state index in [1.54, 1.807) is 11.9 Å². The summed E-state index contributed by atoms with van der Waals surface area (Å²) in [7, 11) is 1.80. The summed E-state index contributed by atoms with van der Waals surface area (Å²) in [6.45, 7) is 6.28. The van der Waals surface area contributed by atoms with E-state index in [0.29, 0.717) is 6.54 Å². The third-order valence-electron chi connectivity index (χ3n) is 4.73. The van der Waals surface area contributed by atoms with Crippen molar-refractivity contribution in [2.45, 2.75) is 45.2 Å². The molecule has 1 aliphatic heterocycles. The molecule has 1 saturated heterocycles. The Morgan fingerprint density at radius 2 is 2.04 bits per heavy atom. The molecule has 0 spiro atoms. The number of benzene rings is 1. The minimum Gasteiger partial charge on any atom is -0.353 e. The molecular formula is C19H29N3O2. The average molecular weight is 331 g/mol. The van der Waals surface area contributed by atoms with Gasteiger partial charge in [0.1, 0.15) is 0 Å². The summed E-state index contributed by atoms with van der Waals surface area (Å²) in [4.78, 5) is 28.5. The fraction of sp³-hybridized carbons (Fsp3) is 0.579. The summed E-state index contributed by atoms with van der Waals surface area (Å²) in [5, 5.41) is 2.89. The number of carbonyl (C=O) groups excluding carboxylic acids is 2. The molecule has 132 valence electrons. The first-order valence-electron chi connectivity index (χ1n) is 8.80. The molecule has 0 saturated carbocycles. The first-order valence-corrected chi connectivity index (χ1v) is 8.80. The van der Waals surface area contributed by atoms with Crippen LogP contribution in [0.2, 0.25) is 0 Å². The van der Waals surface area contributed by atoms with Gasteiger partial charge in [-0.2, -0.15) is 0 Å². The second-order valence-electron chi connectivity index (χ2n) is 6.73. The molecule has 0 unspecified atom stereocenters. The Balaban J connectivity index is 1.90. The largest absolute Gasteiger partial charge is 0.353 e. The highest BCUT2D eigenvalue weighted by Crippen LogP contribution is 2.13. The van der Waals surface area contributed by atoms with Crippen molar-refractivity contribution in [3.05, 3.63) is 35.9 Å². The van der Waals surface area contributed by atoms with Crippen LogP contribution in [0, 0.1) is 0 Å². The smallest absolute Gasteiger partial charge is 0.237 e. The number of aryl methyl sites for hydroxylation is 1. The van der Waals surface area contributed by atoms with E-state index in [1.807, 2.05) is 32.0 Å². The molecule has 1 heterocycles. The van der Waals surface area contributed by atoms with Crippen LogP contribution in [0.5, 0.6) is 0 Å². The van der Waals surface area contributed by atoms with Gasteiger partial charge in [0.2, 0.25) is 11.8 Å². The fourth-order valence-electron chi connectivity index (χ4n) is 2.98. The highest BCUT2D eigenvalue weighted by Gasteiger charge is 2.32. The van der Waals surface area contributed by atoms with E-state index in [1.165, 1.54) is 5.56 Å². The zero-order chi connectivity index (χ0) is 17.5. The molecule has 24 heavy (non-hydrogen) atoms. The van der Waals surface area contributed by atoms with E-state index in [2.05, 4.69) is 22.3 Å². The number of hydrogen-bond acceptors (Lipinski definition) is 3. The van der Waals surface area contributed by atoms with Gasteiger partial charge in [-0.3, -0.25) is 14.5 Å². The van der Waals surface area contributed by atoms with Gasteiger partial charge in [-0.05, 0) is 38.8 Å². The van der Waals surface area contributed by atoms with E-state index < -0.39 is 0 Å². The fourth-order valence-corrected chi connectivity index (χ4v) is 2.98. The molecule has 1 fully saturated rings. The van der Waals surface area contributed by atoms with Crippen LogP contribution in [0.3, 0.4) is 0 Å². The lowest BCUT2D eigenvalue weighted by Crippen LogP contribution is -2.57. The van der Waals surface area contributed by atoms with Crippen molar-refractivity contribution in [2.24, 2.45) is 0 Å². The van der Waals surface area contributed by atoms with E-state index in [4.69, 9.17) is 0 Å². The van der Waals surface area contributed by atoms with Gasteiger partial charge in [-0.15, -0.1) is 0 Å². The lowest BCUT2D eigenvalue weighted by molar-refractivity contribution is -0.139. The van der Waals surface area contributed by atoms with Gasteiger partial charge in [-0.1, -0.05) is 30.3 Å². The van der Waals surface area contributed by atoms with Gasteiger partial charge in [0.15, 0.2) is 0 Å². The molecule has 0 aromatic heterocycles. The molecule has 1 atom stereocenters. The van der Waals surface area contributed by atoms with Gasteiger partial charge in [0, 0.05) is 26.2 Å². The third kappa shape index (κ3) is 5.06. The van der Waals surface area contributed by atoms with Gasteiger partial charge < -0.3 is 10.2 Å². The number of amides is 2. The van der Waals surface area contributed by atoms with Gasteiger partial charge in [0.25, 0.3) is 0 Å². The standard InChI is InChI=1S/C19H29N3O2/c1-15(2)21(3)18(23)14-17-19(24)20-11-13-22(17)12-7-10-16-8-5-4-6-9-16/h4-6,8-9,15,17H,7,10-14H2,1-3H3,(H,20,24)/t17-/m1/s1. The normalized spacial score (nSPS) is 18.5. The predicted octanol–water partition coefficient (Wildman–Crippen LogP) is 1.68. The zero-order valence-corrected chi connectivity index (χ0v) is 15.0. The summed E-state index contributed by atoms with van der Waals surface area (Å²) >= 11 is 0. The van der Waals surface area contributed by atoms with E-state index >= 15 is 0 Å². The quantitative estimate of drug-likeness (QED) is 0.827. The molecule has 5 heteroatoms. The Labute approximate surface area is 145 Å². The Hall–Kier alpha value is -1.88. The van der Waals surface area contributed by atoms with Gasteiger partial charge >= 0.3 is 0 Å². The number of nitrogens with one attached hydrogen (secondary N) is 1. The Morgan fingerprint density at radius 3 is 2.71 bits per heavy atom. The third-order valence-corrected chi connectivity index (χ3v) is 4.73. The van der Waals surface area contributed by atoms with Crippen LogP contribution < -0.4 is 5.32 Å². The Morgan fingerprint density at radius 1 is 1.33 bits per heavy atom. The van der Waals surface area contributed by atoms with Crippen LogP contribution in [0.1, 0.15) is 32.3 Å². The minimum atomic E-state index is -0.344. The Kier molecular flexibility index (Phi) is 6.79. The van der Waals surface area contributed by atoms with Crippen LogP contribution in [0.15, 0.2) is 30.3 Å². The van der Waals surface area contributed by atoms with E-state index in [9.17, 15) is 9.59 Å². The summed E-state index contributed by atoms with van der Waals surface area (Å²) in [6, 6.07) is 10.2. The molecule has 1 aromatic carbocycles. The molecule has 2 amide bonds. The van der Waals surface area contributed by atoms with Crippen molar-refractivity contribution in [1.29, 1.82) is 0 Å². The minimum absolute atomic E-state index is 0.0218. The van der Waals surface area contributed by atoms with Crippen LogP contribution in [0.25, 0.3) is 0 Å². The number of rotatable bonds is 7. The maximum Gasteiger partial charge on any atom is 0.237 e. The molecule has 2 rings (SSSR count). The van der Waals surface area contributed by atoms with Crippen molar-refractivity contribution >= 4 is 11.8 Å². The van der Waals surface area contributed by atoms with Gasteiger partial charge in [0.05, 0.1) is 12.5 Å². The van der Waals surface area contributed by atoms with Crippen LogP contribution >= 0.6 is 0 Å². The van der Waals surface area contributed by atoms with Gasteiger partial charge in [-0.25, -0.2) is 0 Å². The van der Waals surface area contributed by atoms with E-state index in [0.717, 1.165) is 25.9 Å². The summed E-state index contributed by atoms with van der Waals surface area (Å²) in [6.07, 6.45) is 2.24. The molecule has 1 aromatic rings. The lowest BCUT2D eigenvalue weighted by Gasteiger charge is -2.35. The highest BCUT2D eigenvalue weighted by atomic mass is 16.2. The molecule has 0 bridgehead atoms. The number of hydrogen-bond donors (Lipinski definition) is 1. The zero-order valence-electron chi connectivity index (χ0n) is 15.0. The maximum atomic E-state index is 12.4. The van der Waals surface area contributed by atoms with Crippen molar-refractivity contribution in [3.8, 4) is 0 Å². The van der Waals surface area contributed by atoms with Crippen LogP contribution in [-0.2, 0) is 16.0 Å². The predicted molar refractivity (Wildman–Crippen MR) is 95.7 cm³/mol. The van der Waals surface area contributed by atoms with Crippen LogP contribution in [0.4, 0.5) is 0 Å². The van der Waals surface area contributed by atoms with Crippen molar-refractivity contribution in [3.63, 3.8) is 0 Å². The number of carbonyl (C=O) groups is 2. The molecular weight excluding hydrogens is 302 g/mol. The Bertz CT molecular complexity index is 545. The molecule has 0 radical (unpaired) electrons.